The molecule has 2 aromatic carbocycles. The third-order valence-corrected chi connectivity index (χ3v) is 5.01. The van der Waals surface area contributed by atoms with Crippen LogP contribution in [0.1, 0.15) is 37.8 Å². The molecule has 0 spiro atoms. The maximum Gasteiger partial charge on any atom is 0.236 e. The summed E-state index contributed by atoms with van der Waals surface area (Å²) < 4.78 is 0.101. The first kappa shape index (κ1) is 19.2. The number of amides is 1. The summed E-state index contributed by atoms with van der Waals surface area (Å²) in [4.78, 5) is 17.6. The van der Waals surface area contributed by atoms with E-state index in [0.29, 0.717) is 5.69 Å². The van der Waals surface area contributed by atoms with Gasteiger partial charge in [-0.3, -0.25) is 4.79 Å². The number of benzene rings is 2. The number of hydrogen-bond donors (Lipinski definition) is 1. The summed E-state index contributed by atoms with van der Waals surface area (Å²) in [6, 6.07) is 23.5. The Morgan fingerprint density at radius 3 is 1.89 bits per heavy atom. The molecular formula is C23H24N2OS. The van der Waals surface area contributed by atoms with Crippen LogP contribution in [-0.2, 0) is 4.79 Å². The van der Waals surface area contributed by atoms with Crippen molar-refractivity contribution in [3.05, 3.63) is 90.1 Å². The van der Waals surface area contributed by atoms with E-state index in [4.69, 9.17) is 0 Å². The van der Waals surface area contributed by atoms with Crippen LogP contribution in [0.25, 0.3) is 0 Å². The van der Waals surface area contributed by atoms with Crippen LogP contribution >= 0.6 is 11.8 Å². The highest BCUT2D eigenvalue weighted by Crippen LogP contribution is 2.31. The van der Waals surface area contributed by atoms with Crippen LogP contribution in [0, 0.1) is 0 Å². The fourth-order valence-corrected chi connectivity index (χ4v) is 3.70. The minimum atomic E-state index is -0.365. The topological polar surface area (TPSA) is 42.0 Å². The van der Waals surface area contributed by atoms with Gasteiger partial charge in [0.05, 0.1) is 22.8 Å². The summed E-state index contributed by atoms with van der Waals surface area (Å²) >= 11 is 1.70. The minimum absolute atomic E-state index is 0.0644. The Kier molecular flexibility index (Phi) is 5.97. The van der Waals surface area contributed by atoms with E-state index in [0.717, 1.165) is 16.2 Å². The molecule has 138 valence electrons. The molecule has 1 N–H and O–H groups in total. The predicted octanol–water partition coefficient (Wildman–Crippen LogP) is 5.74. The molecule has 0 aliphatic carbocycles. The second-order valence-corrected chi connectivity index (χ2v) is 9.19. The van der Waals surface area contributed by atoms with Gasteiger partial charge in [-0.2, -0.15) is 0 Å². The van der Waals surface area contributed by atoms with E-state index in [1.165, 1.54) is 0 Å². The van der Waals surface area contributed by atoms with E-state index >= 15 is 0 Å². The van der Waals surface area contributed by atoms with Gasteiger partial charge >= 0.3 is 0 Å². The van der Waals surface area contributed by atoms with Gasteiger partial charge in [-0.1, -0.05) is 81.4 Å². The van der Waals surface area contributed by atoms with Crippen LogP contribution in [0.3, 0.4) is 0 Å². The zero-order valence-electron chi connectivity index (χ0n) is 15.8. The molecular weight excluding hydrogens is 352 g/mol. The van der Waals surface area contributed by atoms with E-state index in [1.807, 2.05) is 72.8 Å². The van der Waals surface area contributed by atoms with Crippen molar-refractivity contribution in [1.82, 2.24) is 4.98 Å². The van der Waals surface area contributed by atoms with Crippen molar-refractivity contribution in [2.24, 2.45) is 0 Å². The fourth-order valence-electron chi connectivity index (χ4n) is 2.83. The molecule has 0 bridgehead atoms. The molecule has 0 aliphatic heterocycles. The Bertz CT molecular complexity index is 832. The predicted molar refractivity (Wildman–Crippen MR) is 113 cm³/mol. The summed E-state index contributed by atoms with van der Waals surface area (Å²) in [6.45, 7) is 6.46. The second-order valence-electron chi connectivity index (χ2n) is 7.34. The molecule has 0 unspecified atom stereocenters. The van der Waals surface area contributed by atoms with Gasteiger partial charge in [0, 0.05) is 4.75 Å². The van der Waals surface area contributed by atoms with Crippen molar-refractivity contribution in [3.8, 4) is 0 Å². The molecule has 3 nitrogen and oxygen atoms in total. The number of nitrogens with zero attached hydrogens (tertiary/aromatic N) is 1. The number of carbonyl (C=O) groups is 1. The largest absolute Gasteiger partial charge is 0.324 e. The lowest BCUT2D eigenvalue weighted by Crippen LogP contribution is -2.22. The van der Waals surface area contributed by atoms with Crippen molar-refractivity contribution in [2.45, 2.75) is 36.5 Å². The zero-order chi connectivity index (χ0) is 19.3. The lowest BCUT2D eigenvalue weighted by atomic mass is 9.90. The quantitative estimate of drug-likeness (QED) is 0.577. The number of anilines is 1. The van der Waals surface area contributed by atoms with Gasteiger partial charge in [0.15, 0.2) is 0 Å². The lowest BCUT2D eigenvalue weighted by molar-refractivity contribution is -0.116. The van der Waals surface area contributed by atoms with E-state index in [2.05, 4.69) is 31.1 Å². The number of rotatable bonds is 5. The maximum absolute atomic E-state index is 13.1. The maximum atomic E-state index is 13.1. The van der Waals surface area contributed by atoms with Gasteiger partial charge in [0.25, 0.3) is 0 Å². The van der Waals surface area contributed by atoms with Crippen LogP contribution in [0.5, 0.6) is 0 Å². The monoisotopic (exact) mass is 376 g/mol. The first-order valence-electron chi connectivity index (χ1n) is 8.98. The molecule has 0 radical (unpaired) electrons. The van der Waals surface area contributed by atoms with Crippen LogP contribution in [0.2, 0.25) is 0 Å². The third-order valence-electron chi connectivity index (χ3n) is 3.94. The molecule has 4 heteroatoms. The average molecular weight is 377 g/mol. The van der Waals surface area contributed by atoms with Gasteiger partial charge < -0.3 is 5.32 Å². The standard InChI is InChI=1S/C23H24N2OS/c1-23(2,3)27-20-15-14-19(16-24-20)25-22(26)21(17-10-6-4-7-11-17)18-12-8-5-9-13-18/h4-16,21H,1-3H3,(H,25,26). The highest BCUT2D eigenvalue weighted by Gasteiger charge is 2.22. The number of carbonyl (C=O) groups excluding carboxylic acids is 1. The Balaban J connectivity index is 1.81. The van der Waals surface area contributed by atoms with Gasteiger partial charge in [-0.15, -0.1) is 11.8 Å². The second kappa shape index (κ2) is 8.40. The molecule has 3 rings (SSSR count). The molecule has 3 aromatic rings. The van der Waals surface area contributed by atoms with Crippen molar-refractivity contribution in [2.75, 3.05) is 5.32 Å². The van der Waals surface area contributed by atoms with Crippen LogP contribution in [-0.4, -0.2) is 15.6 Å². The first-order chi connectivity index (χ1) is 12.9. The molecule has 0 aliphatic rings. The van der Waals surface area contributed by atoms with Crippen molar-refractivity contribution < 1.29 is 4.79 Å². The van der Waals surface area contributed by atoms with Crippen molar-refractivity contribution in [1.29, 1.82) is 0 Å². The Hall–Kier alpha value is -2.59. The Morgan fingerprint density at radius 2 is 1.44 bits per heavy atom. The van der Waals surface area contributed by atoms with E-state index in [9.17, 15) is 4.79 Å². The third kappa shape index (κ3) is 5.44. The molecule has 0 atom stereocenters. The summed E-state index contributed by atoms with van der Waals surface area (Å²) in [7, 11) is 0. The van der Waals surface area contributed by atoms with Crippen molar-refractivity contribution in [3.63, 3.8) is 0 Å². The van der Waals surface area contributed by atoms with Gasteiger partial charge in [0.2, 0.25) is 5.91 Å². The molecule has 0 saturated heterocycles. The molecule has 1 aromatic heterocycles. The molecule has 0 fully saturated rings. The summed E-state index contributed by atoms with van der Waals surface area (Å²) in [5, 5.41) is 3.97. The first-order valence-corrected chi connectivity index (χ1v) is 9.80. The summed E-state index contributed by atoms with van der Waals surface area (Å²) in [5.41, 5.74) is 2.64. The molecule has 1 amide bonds. The summed E-state index contributed by atoms with van der Waals surface area (Å²) in [5.74, 6) is -0.429. The molecule has 0 saturated carbocycles. The van der Waals surface area contributed by atoms with Gasteiger partial charge in [-0.05, 0) is 23.3 Å². The Morgan fingerprint density at radius 1 is 0.889 bits per heavy atom. The SMILES string of the molecule is CC(C)(C)Sc1ccc(NC(=O)C(c2ccccc2)c2ccccc2)cn1. The van der Waals surface area contributed by atoms with E-state index in [-0.39, 0.29) is 16.6 Å². The smallest absolute Gasteiger partial charge is 0.236 e. The van der Waals surface area contributed by atoms with Gasteiger partial charge in [-0.25, -0.2) is 4.98 Å². The van der Waals surface area contributed by atoms with Crippen molar-refractivity contribution >= 4 is 23.4 Å². The number of hydrogen-bond acceptors (Lipinski definition) is 3. The number of pyridine rings is 1. The molecule has 1 heterocycles. The van der Waals surface area contributed by atoms with Crippen LogP contribution in [0.4, 0.5) is 5.69 Å². The average Bonchev–Trinajstić information content (AvgIpc) is 2.64. The minimum Gasteiger partial charge on any atom is -0.324 e. The fraction of sp³-hybridized carbons (Fsp3) is 0.217. The zero-order valence-corrected chi connectivity index (χ0v) is 16.7. The van der Waals surface area contributed by atoms with E-state index < -0.39 is 0 Å². The molecule has 27 heavy (non-hydrogen) atoms. The van der Waals surface area contributed by atoms with E-state index in [1.54, 1.807) is 18.0 Å². The Labute approximate surface area is 165 Å². The summed E-state index contributed by atoms with van der Waals surface area (Å²) in [6.07, 6.45) is 1.72. The number of nitrogens with one attached hydrogen (secondary N) is 1. The van der Waals surface area contributed by atoms with Gasteiger partial charge in [0.1, 0.15) is 0 Å². The lowest BCUT2D eigenvalue weighted by Gasteiger charge is -2.19. The highest BCUT2D eigenvalue weighted by atomic mass is 32.2. The van der Waals surface area contributed by atoms with Crippen LogP contribution < -0.4 is 5.32 Å². The highest BCUT2D eigenvalue weighted by molar-refractivity contribution is 8.00. The number of aromatic nitrogens is 1. The number of thioether (sulfide) groups is 1. The normalized spacial score (nSPS) is 11.4. The van der Waals surface area contributed by atoms with Crippen LogP contribution in [0.15, 0.2) is 84.0 Å².